The summed E-state index contributed by atoms with van der Waals surface area (Å²) in [7, 11) is 0. The third-order valence-electron chi connectivity index (χ3n) is 2.45. The fraction of sp³-hybridized carbons (Fsp3) is 0.600. The number of carbonyl (C=O) groups excluding carboxylic acids is 1. The number of nitrogens with zero attached hydrogens (tertiary/aromatic N) is 3. The zero-order chi connectivity index (χ0) is 13.7. The highest BCUT2D eigenvalue weighted by Crippen LogP contribution is 2.23. The molecule has 0 saturated heterocycles. The number of unbranched alkanes of at least 4 members (excludes halogenated alkanes) is 1. The Morgan fingerprint density at radius 1 is 1.72 bits per heavy atom. The molecular formula is C10H15BrN4O3. The Bertz CT molecular complexity index is 446. The number of carbonyl (C=O) groups is 1. The molecule has 0 aromatic carbocycles. The van der Waals surface area contributed by atoms with Crippen LogP contribution in [0.3, 0.4) is 0 Å². The average Bonchev–Trinajstić information content (AvgIpc) is 2.70. The monoisotopic (exact) mass is 318 g/mol. The maximum Gasteiger partial charge on any atom is 0.404 e. The molecule has 1 aromatic rings. The van der Waals surface area contributed by atoms with Gasteiger partial charge in [-0.3, -0.25) is 4.79 Å². The van der Waals surface area contributed by atoms with E-state index in [2.05, 4.69) is 26.3 Å². The molecule has 1 N–H and O–H groups in total. The van der Waals surface area contributed by atoms with Gasteiger partial charge in [-0.15, -0.1) is 0 Å². The van der Waals surface area contributed by atoms with Crippen molar-refractivity contribution < 1.29 is 9.72 Å². The van der Waals surface area contributed by atoms with Gasteiger partial charge in [-0.1, -0.05) is 13.3 Å². The summed E-state index contributed by atoms with van der Waals surface area (Å²) < 4.78 is 1.55. The van der Waals surface area contributed by atoms with Crippen LogP contribution in [0.4, 0.5) is 5.82 Å². The average molecular weight is 319 g/mol. The van der Waals surface area contributed by atoms with Crippen molar-refractivity contribution in [2.45, 2.75) is 32.7 Å². The lowest BCUT2D eigenvalue weighted by Crippen LogP contribution is -2.31. The molecule has 18 heavy (non-hydrogen) atoms. The lowest BCUT2D eigenvalue weighted by atomic mass is 10.3. The number of hydrogen-bond acceptors (Lipinski definition) is 4. The van der Waals surface area contributed by atoms with Crippen molar-refractivity contribution in [1.29, 1.82) is 0 Å². The Morgan fingerprint density at radius 3 is 2.89 bits per heavy atom. The van der Waals surface area contributed by atoms with Gasteiger partial charge in [0.1, 0.15) is 10.5 Å². The molecule has 8 heteroatoms. The van der Waals surface area contributed by atoms with E-state index in [1.807, 2.05) is 6.92 Å². The molecule has 1 heterocycles. The molecule has 0 fully saturated rings. The predicted octanol–water partition coefficient (Wildman–Crippen LogP) is 2.03. The fourth-order valence-electron chi connectivity index (χ4n) is 1.34. The van der Waals surface area contributed by atoms with Crippen LogP contribution in [0.25, 0.3) is 0 Å². The first-order chi connectivity index (χ1) is 8.47. The SMILES string of the molecule is CCCCNC(=O)C(C)n1cc(Br)c([N+](=O)[O-])n1. The lowest BCUT2D eigenvalue weighted by molar-refractivity contribution is -0.390. The summed E-state index contributed by atoms with van der Waals surface area (Å²) in [4.78, 5) is 21.8. The van der Waals surface area contributed by atoms with Crippen molar-refractivity contribution in [1.82, 2.24) is 15.1 Å². The molecule has 7 nitrogen and oxygen atoms in total. The quantitative estimate of drug-likeness (QED) is 0.493. The molecular weight excluding hydrogens is 304 g/mol. The van der Waals surface area contributed by atoms with Crippen LogP contribution in [0.5, 0.6) is 0 Å². The van der Waals surface area contributed by atoms with Crippen LogP contribution in [-0.2, 0) is 4.79 Å². The maximum atomic E-state index is 11.8. The number of rotatable bonds is 6. The maximum absolute atomic E-state index is 11.8. The summed E-state index contributed by atoms with van der Waals surface area (Å²) in [6.45, 7) is 4.28. The molecule has 1 unspecified atom stereocenters. The molecule has 0 aliphatic carbocycles. The molecule has 100 valence electrons. The zero-order valence-electron chi connectivity index (χ0n) is 10.2. The van der Waals surface area contributed by atoms with E-state index in [0.717, 1.165) is 12.8 Å². The van der Waals surface area contributed by atoms with E-state index in [0.29, 0.717) is 6.54 Å². The molecule has 1 atom stereocenters. The third-order valence-corrected chi connectivity index (χ3v) is 3.01. The Labute approximate surface area is 113 Å². The van der Waals surface area contributed by atoms with E-state index in [-0.39, 0.29) is 16.2 Å². The van der Waals surface area contributed by atoms with E-state index in [9.17, 15) is 14.9 Å². The second-order valence-corrected chi connectivity index (χ2v) is 4.71. The van der Waals surface area contributed by atoms with Crippen LogP contribution in [0.15, 0.2) is 10.7 Å². The molecule has 1 aromatic heterocycles. The molecule has 1 rings (SSSR count). The first-order valence-corrected chi connectivity index (χ1v) is 6.43. The normalized spacial score (nSPS) is 12.2. The first kappa shape index (κ1) is 14.6. The Hall–Kier alpha value is -1.44. The van der Waals surface area contributed by atoms with Crippen molar-refractivity contribution in [3.05, 3.63) is 20.8 Å². The second kappa shape index (κ2) is 6.48. The molecule has 1 amide bonds. The minimum Gasteiger partial charge on any atom is -0.358 e. The number of nitro groups is 1. The van der Waals surface area contributed by atoms with Gasteiger partial charge < -0.3 is 15.4 Å². The second-order valence-electron chi connectivity index (χ2n) is 3.86. The molecule has 0 aliphatic heterocycles. The van der Waals surface area contributed by atoms with Gasteiger partial charge in [0, 0.05) is 6.54 Å². The van der Waals surface area contributed by atoms with Gasteiger partial charge in [0.25, 0.3) is 0 Å². The Kier molecular flexibility index (Phi) is 5.26. The van der Waals surface area contributed by atoms with E-state index in [4.69, 9.17) is 0 Å². The van der Waals surface area contributed by atoms with Crippen molar-refractivity contribution in [2.75, 3.05) is 6.54 Å². The summed E-state index contributed by atoms with van der Waals surface area (Å²) in [5.74, 6) is -0.489. The number of hydrogen-bond donors (Lipinski definition) is 1. The predicted molar refractivity (Wildman–Crippen MR) is 69.2 cm³/mol. The minimum absolute atomic E-state index is 0.201. The van der Waals surface area contributed by atoms with E-state index < -0.39 is 11.0 Å². The number of aromatic nitrogens is 2. The summed E-state index contributed by atoms with van der Waals surface area (Å²) in [6, 6.07) is -0.577. The topological polar surface area (TPSA) is 90.1 Å². The van der Waals surface area contributed by atoms with Gasteiger partial charge in [-0.05, 0) is 34.2 Å². The van der Waals surface area contributed by atoms with Crippen molar-refractivity contribution >= 4 is 27.7 Å². The van der Waals surface area contributed by atoms with Crippen LogP contribution in [0.2, 0.25) is 0 Å². The number of nitrogens with one attached hydrogen (secondary N) is 1. The Balaban J connectivity index is 2.71. The standard InChI is InChI=1S/C10H15BrN4O3/c1-3-4-5-12-10(16)7(2)14-6-8(11)9(13-14)15(17)18/h6-7H,3-5H2,1-2H3,(H,12,16). The number of amides is 1. The molecule has 0 radical (unpaired) electrons. The highest BCUT2D eigenvalue weighted by atomic mass is 79.9. The highest BCUT2D eigenvalue weighted by Gasteiger charge is 2.24. The summed E-state index contributed by atoms with van der Waals surface area (Å²) >= 11 is 3.04. The van der Waals surface area contributed by atoms with Gasteiger partial charge in [0.05, 0.1) is 11.3 Å². The number of halogens is 1. The van der Waals surface area contributed by atoms with Crippen molar-refractivity contribution in [3.8, 4) is 0 Å². The molecule has 0 aliphatic rings. The zero-order valence-corrected chi connectivity index (χ0v) is 11.8. The van der Waals surface area contributed by atoms with Crippen LogP contribution < -0.4 is 5.32 Å². The van der Waals surface area contributed by atoms with E-state index in [1.165, 1.54) is 10.9 Å². The van der Waals surface area contributed by atoms with Crippen molar-refractivity contribution in [3.63, 3.8) is 0 Å². The van der Waals surface area contributed by atoms with Gasteiger partial charge in [0.15, 0.2) is 0 Å². The summed E-state index contributed by atoms with van der Waals surface area (Å²) in [5, 5.41) is 17.2. The van der Waals surface area contributed by atoms with E-state index >= 15 is 0 Å². The van der Waals surface area contributed by atoms with Gasteiger partial charge in [0.2, 0.25) is 5.91 Å². The summed E-state index contributed by atoms with van der Waals surface area (Å²) in [6.07, 6.45) is 3.33. The van der Waals surface area contributed by atoms with Gasteiger partial charge in [-0.25, -0.2) is 0 Å². The minimum atomic E-state index is -0.595. The largest absolute Gasteiger partial charge is 0.404 e. The van der Waals surface area contributed by atoms with Crippen LogP contribution in [0.1, 0.15) is 32.7 Å². The van der Waals surface area contributed by atoms with Crippen LogP contribution >= 0.6 is 15.9 Å². The first-order valence-electron chi connectivity index (χ1n) is 5.64. The van der Waals surface area contributed by atoms with Crippen LogP contribution in [-0.4, -0.2) is 27.2 Å². The summed E-state index contributed by atoms with van der Waals surface area (Å²) in [5.41, 5.74) is 0. The Morgan fingerprint density at radius 2 is 2.39 bits per heavy atom. The van der Waals surface area contributed by atoms with E-state index in [1.54, 1.807) is 6.92 Å². The smallest absolute Gasteiger partial charge is 0.358 e. The van der Waals surface area contributed by atoms with Gasteiger partial charge >= 0.3 is 5.82 Å². The lowest BCUT2D eigenvalue weighted by Gasteiger charge is -2.09. The van der Waals surface area contributed by atoms with Gasteiger partial charge in [-0.2, -0.15) is 4.68 Å². The molecule has 0 spiro atoms. The van der Waals surface area contributed by atoms with Crippen LogP contribution in [0, 0.1) is 10.1 Å². The highest BCUT2D eigenvalue weighted by molar-refractivity contribution is 9.10. The third kappa shape index (κ3) is 3.52. The fourth-order valence-corrected chi connectivity index (χ4v) is 1.77. The molecule has 0 saturated carbocycles. The molecule has 0 bridgehead atoms. The van der Waals surface area contributed by atoms with Crippen molar-refractivity contribution in [2.24, 2.45) is 0 Å².